The number of phenols is 1. The van der Waals surface area contributed by atoms with Crippen LogP contribution in [0.1, 0.15) is 15.9 Å². The predicted octanol–water partition coefficient (Wildman–Crippen LogP) is 2.87. The van der Waals surface area contributed by atoms with Crippen molar-refractivity contribution in [2.45, 2.75) is 6.92 Å². The molecule has 0 bridgehead atoms. The summed E-state index contributed by atoms with van der Waals surface area (Å²) in [6.45, 7) is 1.89. The number of nitrogens with zero attached hydrogens (tertiary/aromatic N) is 2. The summed E-state index contributed by atoms with van der Waals surface area (Å²) in [6, 6.07) is 14.4. The zero-order valence-electron chi connectivity index (χ0n) is 13.5. The van der Waals surface area contributed by atoms with Crippen molar-refractivity contribution < 1.29 is 9.90 Å². The first kappa shape index (κ1) is 15.0. The van der Waals surface area contributed by atoms with Crippen LogP contribution in [-0.2, 0) is 0 Å². The molecular weight excluding hydrogens is 316 g/mol. The van der Waals surface area contributed by atoms with Gasteiger partial charge in [0.05, 0.1) is 16.8 Å². The lowest BCUT2D eigenvalue weighted by atomic mass is 10.1. The number of phenolic OH excluding ortho intramolecular Hbond substituents is 1. The van der Waals surface area contributed by atoms with Crippen molar-refractivity contribution in [1.29, 1.82) is 0 Å². The average molecular weight is 332 g/mol. The number of pyridine rings is 1. The van der Waals surface area contributed by atoms with Crippen LogP contribution in [0.4, 0.5) is 5.82 Å². The van der Waals surface area contributed by atoms with Gasteiger partial charge < -0.3 is 16.6 Å². The van der Waals surface area contributed by atoms with Crippen LogP contribution in [0.25, 0.3) is 27.6 Å². The van der Waals surface area contributed by atoms with Gasteiger partial charge in [-0.2, -0.15) is 0 Å². The number of hydrogen-bond donors (Lipinski definition) is 3. The molecule has 4 rings (SSSR count). The van der Waals surface area contributed by atoms with Gasteiger partial charge in [0, 0.05) is 16.8 Å². The third-order valence-corrected chi connectivity index (χ3v) is 4.36. The highest BCUT2D eigenvalue weighted by Crippen LogP contribution is 2.34. The maximum atomic E-state index is 12.0. The van der Waals surface area contributed by atoms with Crippen molar-refractivity contribution in [3.63, 3.8) is 0 Å². The fourth-order valence-electron chi connectivity index (χ4n) is 3.17. The first-order valence-corrected chi connectivity index (χ1v) is 7.77. The molecule has 0 atom stereocenters. The van der Waals surface area contributed by atoms with Gasteiger partial charge in [0.15, 0.2) is 0 Å². The molecule has 124 valence electrons. The number of anilines is 1. The minimum Gasteiger partial charge on any atom is -0.508 e. The number of aryl methyl sites for hydroxylation is 1. The van der Waals surface area contributed by atoms with Crippen LogP contribution in [0.5, 0.6) is 5.75 Å². The van der Waals surface area contributed by atoms with Gasteiger partial charge in [-0.05, 0) is 30.7 Å². The van der Waals surface area contributed by atoms with Crippen molar-refractivity contribution in [2.24, 2.45) is 5.73 Å². The number of aromatic nitrogens is 2. The van der Waals surface area contributed by atoms with Gasteiger partial charge in [0.2, 0.25) is 0 Å². The Balaban J connectivity index is 2.20. The molecule has 0 unspecified atom stereocenters. The van der Waals surface area contributed by atoms with Crippen molar-refractivity contribution in [2.75, 3.05) is 5.73 Å². The van der Waals surface area contributed by atoms with E-state index in [0.29, 0.717) is 16.7 Å². The molecular formula is C19H16N4O2. The van der Waals surface area contributed by atoms with Gasteiger partial charge in [-0.1, -0.05) is 24.3 Å². The lowest BCUT2D eigenvalue weighted by Gasteiger charge is -2.11. The van der Waals surface area contributed by atoms with E-state index < -0.39 is 5.91 Å². The molecule has 25 heavy (non-hydrogen) atoms. The van der Waals surface area contributed by atoms with Crippen molar-refractivity contribution >= 4 is 33.7 Å². The van der Waals surface area contributed by atoms with Crippen molar-refractivity contribution in [3.05, 3.63) is 59.7 Å². The Morgan fingerprint density at radius 1 is 1.16 bits per heavy atom. The van der Waals surface area contributed by atoms with E-state index in [1.54, 1.807) is 22.8 Å². The Kier molecular flexibility index (Phi) is 3.15. The minimum atomic E-state index is -0.615. The SMILES string of the molecule is Cc1ccc(O)cc1-n1c(N)c(C(N)=O)c2cc3ccccc3nc21. The summed E-state index contributed by atoms with van der Waals surface area (Å²) in [5.41, 5.74) is 14.9. The molecule has 0 saturated heterocycles. The fourth-order valence-corrected chi connectivity index (χ4v) is 3.17. The molecule has 1 amide bonds. The molecule has 0 aliphatic heterocycles. The summed E-state index contributed by atoms with van der Waals surface area (Å²) in [4.78, 5) is 16.7. The molecule has 2 heterocycles. The van der Waals surface area contributed by atoms with Crippen LogP contribution >= 0.6 is 0 Å². The Labute approximate surface area is 143 Å². The number of carbonyl (C=O) groups is 1. The molecule has 5 N–H and O–H groups in total. The Hall–Kier alpha value is -3.54. The molecule has 2 aromatic carbocycles. The third kappa shape index (κ3) is 2.19. The number of fused-ring (bicyclic) bond motifs is 2. The number of amides is 1. The number of primary amides is 1. The lowest BCUT2D eigenvalue weighted by molar-refractivity contribution is 0.100. The molecule has 0 aliphatic rings. The molecule has 6 nitrogen and oxygen atoms in total. The molecule has 0 aliphatic carbocycles. The highest BCUT2D eigenvalue weighted by molar-refractivity contribution is 6.12. The number of rotatable bonds is 2. The first-order valence-electron chi connectivity index (χ1n) is 7.77. The molecule has 0 fully saturated rings. The zero-order chi connectivity index (χ0) is 17.7. The van der Waals surface area contributed by atoms with Gasteiger partial charge in [0.25, 0.3) is 5.91 Å². The van der Waals surface area contributed by atoms with Gasteiger partial charge >= 0.3 is 0 Å². The van der Waals surface area contributed by atoms with Gasteiger partial charge in [-0.3, -0.25) is 9.36 Å². The summed E-state index contributed by atoms with van der Waals surface area (Å²) in [7, 11) is 0. The monoisotopic (exact) mass is 332 g/mol. The van der Waals surface area contributed by atoms with E-state index in [9.17, 15) is 9.90 Å². The lowest BCUT2D eigenvalue weighted by Crippen LogP contribution is -2.13. The van der Waals surface area contributed by atoms with E-state index in [1.807, 2.05) is 37.3 Å². The van der Waals surface area contributed by atoms with Crippen molar-refractivity contribution in [3.8, 4) is 11.4 Å². The van der Waals surface area contributed by atoms with Crippen LogP contribution in [-0.4, -0.2) is 20.6 Å². The van der Waals surface area contributed by atoms with Gasteiger partial charge in [-0.25, -0.2) is 4.98 Å². The van der Waals surface area contributed by atoms with Crippen LogP contribution in [0, 0.1) is 6.92 Å². The molecule has 0 spiro atoms. The number of nitrogen functional groups attached to an aromatic ring is 1. The van der Waals surface area contributed by atoms with E-state index in [2.05, 4.69) is 4.98 Å². The normalized spacial score (nSPS) is 11.2. The topological polar surface area (TPSA) is 107 Å². The van der Waals surface area contributed by atoms with Crippen LogP contribution in [0.3, 0.4) is 0 Å². The quantitative estimate of drug-likeness (QED) is 0.524. The Morgan fingerprint density at radius 2 is 1.92 bits per heavy atom. The number of para-hydroxylation sites is 1. The standard InChI is InChI=1S/C19H16N4O2/c1-10-6-7-12(24)9-15(10)23-17(20)16(18(21)25)13-8-11-4-2-3-5-14(11)22-19(13)23/h2-9,24H,20H2,1H3,(H2,21,25). The summed E-state index contributed by atoms with van der Waals surface area (Å²) in [5, 5.41) is 11.4. The zero-order valence-corrected chi connectivity index (χ0v) is 13.5. The van der Waals surface area contributed by atoms with E-state index in [4.69, 9.17) is 11.5 Å². The summed E-state index contributed by atoms with van der Waals surface area (Å²) in [6.07, 6.45) is 0. The molecule has 4 aromatic rings. The maximum absolute atomic E-state index is 12.0. The number of benzene rings is 2. The van der Waals surface area contributed by atoms with Gasteiger partial charge in [0.1, 0.15) is 17.2 Å². The molecule has 0 saturated carbocycles. The van der Waals surface area contributed by atoms with Crippen molar-refractivity contribution in [1.82, 2.24) is 9.55 Å². The largest absolute Gasteiger partial charge is 0.508 e. The van der Waals surface area contributed by atoms with E-state index in [1.165, 1.54) is 0 Å². The summed E-state index contributed by atoms with van der Waals surface area (Å²) in [5.74, 6) is -0.307. The number of aromatic hydroxyl groups is 1. The predicted molar refractivity (Wildman–Crippen MR) is 97.9 cm³/mol. The molecule has 0 radical (unpaired) electrons. The Morgan fingerprint density at radius 3 is 2.68 bits per heavy atom. The average Bonchev–Trinajstić information content (AvgIpc) is 2.86. The van der Waals surface area contributed by atoms with E-state index >= 15 is 0 Å². The number of nitrogens with two attached hydrogens (primary N) is 2. The van der Waals surface area contributed by atoms with Crippen LogP contribution in [0.15, 0.2) is 48.5 Å². The molecule has 6 heteroatoms. The molecule has 2 aromatic heterocycles. The van der Waals surface area contributed by atoms with E-state index in [0.717, 1.165) is 16.5 Å². The third-order valence-electron chi connectivity index (χ3n) is 4.36. The summed E-state index contributed by atoms with van der Waals surface area (Å²) >= 11 is 0. The second-order valence-corrected chi connectivity index (χ2v) is 5.98. The highest BCUT2D eigenvalue weighted by Gasteiger charge is 2.22. The van der Waals surface area contributed by atoms with E-state index in [-0.39, 0.29) is 17.1 Å². The summed E-state index contributed by atoms with van der Waals surface area (Å²) < 4.78 is 1.66. The van der Waals surface area contributed by atoms with Crippen LogP contribution < -0.4 is 11.5 Å². The number of carbonyl (C=O) groups excluding carboxylic acids is 1. The minimum absolute atomic E-state index is 0.100. The second kappa shape index (κ2) is 5.24. The maximum Gasteiger partial charge on any atom is 0.253 e. The van der Waals surface area contributed by atoms with Crippen LogP contribution in [0.2, 0.25) is 0 Å². The Bertz CT molecular complexity index is 1160. The van der Waals surface area contributed by atoms with Gasteiger partial charge in [-0.15, -0.1) is 0 Å². The first-order chi connectivity index (χ1) is 12.0. The fraction of sp³-hybridized carbons (Fsp3) is 0.0526. The smallest absolute Gasteiger partial charge is 0.253 e. The second-order valence-electron chi connectivity index (χ2n) is 5.98. The number of hydrogen-bond acceptors (Lipinski definition) is 4. The highest BCUT2D eigenvalue weighted by atomic mass is 16.3.